The molecule has 3 aromatic rings. The van der Waals surface area contributed by atoms with Crippen molar-refractivity contribution in [3.05, 3.63) is 95.6 Å². The maximum Gasteiger partial charge on any atom is 0.283 e. The summed E-state index contributed by atoms with van der Waals surface area (Å²) in [6.07, 6.45) is -0.242. The summed E-state index contributed by atoms with van der Waals surface area (Å²) >= 11 is 0. The van der Waals surface area contributed by atoms with E-state index < -0.39 is 22.0 Å². The standard InChI is InChI=1S/C26H28N2O4S/c1-19-8-14-23(15-9-19)33(30,31)27-26-24(25(29)21-6-4-3-5-7-21)16-17-28(26)18-20-10-12-22(32-2)13-11-20/h3-15,24-25,29H,16-18H2,1-2H3/b27-26-/t24-,25-/m0/s1. The van der Waals surface area contributed by atoms with Crippen molar-refractivity contribution in [3.63, 3.8) is 0 Å². The summed E-state index contributed by atoms with van der Waals surface area (Å²) < 4.78 is 35.9. The molecule has 7 heteroatoms. The number of hydrogen-bond acceptors (Lipinski definition) is 4. The molecule has 172 valence electrons. The molecule has 1 aliphatic rings. The zero-order valence-electron chi connectivity index (χ0n) is 18.8. The van der Waals surface area contributed by atoms with Crippen LogP contribution in [0.15, 0.2) is 88.2 Å². The zero-order valence-corrected chi connectivity index (χ0v) is 19.6. The molecular formula is C26H28N2O4S. The van der Waals surface area contributed by atoms with E-state index in [1.54, 1.807) is 31.4 Å². The van der Waals surface area contributed by atoms with Crippen molar-refractivity contribution < 1.29 is 18.3 Å². The Kier molecular flexibility index (Phi) is 6.81. The number of sulfonamides is 1. The number of benzene rings is 3. The van der Waals surface area contributed by atoms with Gasteiger partial charge in [0.15, 0.2) is 0 Å². The molecule has 0 aromatic heterocycles. The predicted molar refractivity (Wildman–Crippen MR) is 129 cm³/mol. The molecule has 0 aliphatic carbocycles. The highest BCUT2D eigenvalue weighted by Crippen LogP contribution is 2.34. The number of aliphatic hydroxyl groups excluding tert-OH is 1. The van der Waals surface area contributed by atoms with Gasteiger partial charge < -0.3 is 14.7 Å². The van der Waals surface area contributed by atoms with Gasteiger partial charge in [-0.25, -0.2) is 0 Å². The third-order valence-electron chi connectivity index (χ3n) is 5.95. The van der Waals surface area contributed by atoms with E-state index in [1.165, 1.54) is 0 Å². The Morgan fingerprint density at radius 1 is 1.03 bits per heavy atom. The van der Waals surface area contributed by atoms with Gasteiger partial charge in [-0.15, -0.1) is 4.40 Å². The summed E-state index contributed by atoms with van der Waals surface area (Å²) in [4.78, 5) is 2.09. The second-order valence-electron chi connectivity index (χ2n) is 8.26. The lowest BCUT2D eigenvalue weighted by Gasteiger charge is -2.24. The fourth-order valence-corrected chi connectivity index (χ4v) is 5.16. The van der Waals surface area contributed by atoms with E-state index >= 15 is 0 Å². The molecule has 33 heavy (non-hydrogen) atoms. The number of ether oxygens (including phenoxy) is 1. The Bertz CT molecular complexity index is 1210. The largest absolute Gasteiger partial charge is 0.497 e. The average Bonchev–Trinajstić information content (AvgIpc) is 3.21. The Labute approximate surface area is 195 Å². The van der Waals surface area contributed by atoms with E-state index in [9.17, 15) is 13.5 Å². The topological polar surface area (TPSA) is 79.2 Å². The number of nitrogens with zero attached hydrogens (tertiary/aromatic N) is 2. The van der Waals surface area contributed by atoms with Gasteiger partial charge in [-0.3, -0.25) is 0 Å². The van der Waals surface area contributed by atoms with Gasteiger partial charge in [0.2, 0.25) is 0 Å². The first kappa shape index (κ1) is 23.0. The molecule has 1 aliphatic heterocycles. The van der Waals surface area contributed by atoms with Gasteiger partial charge in [-0.05, 0) is 48.7 Å². The van der Waals surface area contributed by atoms with Gasteiger partial charge in [0.05, 0.1) is 18.1 Å². The summed E-state index contributed by atoms with van der Waals surface area (Å²) in [5, 5.41) is 11.1. The second-order valence-corrected chi connectivity index (χ2v) is 9.86. The SMILES string of the molecule is COc1ccc(CN2CC[C@@H]([C@@H](O)c3ccccc3)/C2=N/S(=O)(=O)c2ccc(C)cc2)cc1. The molecule has 0 radical (unpaired) electrons. The second kappa shape index (κ2) is 9.77. The summed E-state index contributed by atoms with van der Waals surface area (Å²) in [7, 11) is -2.31. The van der Waals surface area contributed by atoms with Crippen LogP contribution in [0.5, 0.6) is 5.75 Å². The fourth-order valence-electron chi connectivity index (χ4n) is 4.08. The van der Waals surface area contributed by atoms with Crippen molar-refractivity contribution in [3.8, 4) is 5.75 Å². The molecule has 6 nitrogen and oxygen atoms in total. The number of amidine groups is 1. The molecule has 1 N–H and O–H groups in total. The van der Waals surface area contributed by atoms with Crippen LogP contribution in [-0.4, -0.2) is 37.9 Å². The minimum atomic E-state index is -3.93. The van der Waals surface area contributed by atoms with Crippen LogP contribution < -0.4 is 4.74 Å². The van der Waals surface area contributed by atoms with Gasteiger partial charge >= 0.3 is 0 Å². The van der Waals surface area contributed by atoms with E-state index in [0.29, 0.717) is 25.3 Å². The zero-order chi connectivity index (χ0) is 23.4. The third kappa shape index (κ3) is 5.26. The van der Waals surface area contributed by atoms with E-state index in [0.717, 1.165) is 22.4 Å². The van der Waals surface area contributed by atoms with Crippen LogP contribution in [0.1, 0.15) is 29.2 Å². The number of aliphatic hydroxyl groups is 1. The Hall–Kier alpha value is -3.16. The molecular weight excluding hydrogens is 436 g/mol. The molecule has 0 amide bonds. The summed E-state index contributed by atoms with van der Waals surface area (Å²) in [5.74, 6) is 0.724. The summed E-state index contributed by atoms with van der Waals surface area (Å²) in [5.41, 5.74) is 2.72. The van der Waals surface area contributed by atoms with E-state index in [1.807, 2.05) is 66.4 Å². The molecule has 0 unspecified atom stereocenters. The van der Waals surface area contributed by atoms with E-state index in [4.69, 9.17) is 4.74 Å². The van der Waals surface area contributed by atoms with E-state index in [2.05, 4.69) is 4.40 Å². The fraction of sp³-hybridized carbons (Fsp3) is 0.269. The Morgan fingerprint density at radius 2 is 1.70 bits per heavy atom. The summed E-state index contributed by atoms with van der Waals surface area (Å²) in [6, 6.07) is 23.6. The normalized spacial score (nSPS) is 18.5. The lowest BCUT2D eigenvalue weighted by molar-refractivity contribution is 0.141. The van der Waals surface area contributed by atoms with Gasteiger partial charge in [0, 0.05) is 19.0 Å². The van der Waals surface area contributed by atoms with Crippen LogP contribution in [0, 0.1) is 12.8 Å². The monoisotopic (exact) mass is 464 g/mol. The smallest absolute Gasteiger partial charge is 0.283 e. The van der Waals surface area contributed by atoms with Gasteiger partial charge in [0.1, 0.15) is 11.6 Å². The van der Waals surface area contributed by atoms with Crippen molar-refractivity contribution in [2.75, 3.05) is 13.7 Å². The van der Waals surface area contributed by atoms with Gasteiger partial charge in [-0.1, -0.05) is 60.2 Å². The predicted octanol–water partition coefficient (Wildman–Crippen LogP) is 4.35. The number of rotatable bonds is 7. The highest BCUT2D eigenvalue weighted by molar-refractivity contribution is 7.90. The summed E-state index contributed by atoms with van der Waals surface area (Å²) in [6.45, 7) is 3.00. The maximum absolute atomic E-state index is 13.2. The lowest BCUT2D eigenvalue weighted by atomic mass is 9.94. The van der Waals surface area contributed by atoms with Gasteiger partial charge in [0.25, 0.3) is 10.0 Å². The number of likely N-dealkylation sites (tertiary alicyclic amines) is 1. The molecule has 2 atom stereocenters. The minimum Gasteiger partial charge on any atom is -0.497 e. The third-order valence-corrected chi connectivity index (χ3v) is 7.25. The van der Waals surface area contributed by atoms with Crippen LogP contribution in [-0.2, 0) is 16.6 Å². The molecule has 3 aromatic carbocycles. The molecule has 1 fully saturated rings. The molecule has 1 heterocycles. The van der Waals surface area contributed by atoms with Crippen molar-refractivity contribution in [2.24, 2.45) is 10.3 Å². The van der Waals surface area contributed by atoms with Crippen LogP contribution >= 0.6 is 0 Å². The quantitative estimate of drug-likeness (QED) is 0.563. The molecule has 0 saturated carbocycles. The van der Waals surface area contributed by atoms with Crippen LogP contribution in [0.25, 0.3) is 0 Å². The van der Waals surface area contributed by atoms with Crippen molar-refractivity contribution in [1.29, 1.82) is 0 Å². The molecule has 1 saturated heterocycles. The number of hydrogen-bond donors (Lipinski definition) is 1. The number of aryl methyl sites for hydroxylation is 1. The van der Waals surface area contributed by atoms with Crippen molar-refractivity contribution in [2.45, 2.75) is 30.9 Å². The Balaban J connectivity index is 1.70. The van der Waals surface area contributed by atoms with Crippen LogP contribution in [0.3, 0.4) is 0 Å². The highest BCUT2D eigenvalue weighted by atomic mass is 32.2. The molecule has 0 spiro atoms. The first-order chi connectivity index (χ1) is 15.9. The van der Waals surface area contributed by atoms with E-state index in [-0.39, 0.29) is 4.90 Å². The number of methoxy groups -OCH3 is 1. The van der Waals surface area contributed by atoms with Gasteiger partial charge in [-0.2, -0.15) is 8.42 Å². The first-order valence-electron chi connectivity index (χ1n) is 10.9. The minimum absolute atomic E-state index is 0.143. The van der Waals surface area contributed by atoms with Crippen LogP contribution in [0.4, 0.5) is 0 Å². The lowest BCUT2D eigenvalue weighted by Crippen LogP contribution is -2.30. The van der Waals surface area contributed by atoms with Crippen molar-refractivity contribution >= 4 is 15.9 Å². The average molecular weight is 465 g/mol. The first-order valence-corrected chi connectivity index (χ1v) is 12.3. The molecule has 0 bridgehead atoms. The van der Waals surface area contributed by atoms with Crippen LogP contribution in [0.2, 0.25) is 0 Å². The highest BCUT2D eigenvalue weighted by Gasteiger charge is 2.37. The Morgan fingerprint density at radius 3 is 2.33 bits per heavy atom. The molecule has 4 rings (SSSR count). The maximum atomic E-state index is 13.2. The van der Waals surface area contributed by atoms with Crippen molar-refractivity contribution in [1.82, 2.24) is 4.90 Å².